The summed E-state index contributed by atoms with van der Waals surface area (Å²) < 4.78 is 39.1. The van der Waals surface area contributed by atoms with Crippen LogP contribution in [0.3, 0.4) is 0 Å². The minimum atomic E-state index is -4.52. The van der Waals surface area contributed by atoms with Gasteiger partial charge in [0.15, 0.2) is 0 Å². The predicted octanol–water partition coefficient (Wildman–Crippen LogP) is 4.07. The molecule has 1 aliphatic heterocycles. The molecule has 0 fully saturated rings. The molecule has 142 valence electrons. The summed E-state index contributed by atoms with van der Waals surface area (Å²) in [5.74, 6) is -0.433. The quantitative estimate of drug-likeness (QED) is 0.823. The van der Waals surface area contributed by atoms with Crippen molar-refractivity contribution in [2.24, 2.45) is 0 Å². The van der Waals surface area contributed by atoms with Crippen molar-refractivity contribution >= 4 is 40.6 Å². The van der Waals surface area contributed by atoms with E-state index in [2.05, 4.69) is 10.6 Å². The zero-order valence-electron chi connectivity index (χ0n) is 14.5. The van der Waals surface area contributed by atoms with Gasteiger partial charge in [-0.3, -0.25) is 9.59 Å². The molecule has 0 aromatic heterocycles. The molecular formula is C18H16F3N3O2S. The highest BCUT2D eigenvalue weighted by Gasteiger charge is 2.31. The highest BCUT2D eigenvalue weighted by molar-refractivity contribution is 8.00. The lowest BCUT2D eigenvalue weighted by molar-refractivity contribution is -0.137. The third-order valence-electron chi connectivity index (χ3n) is 3.93. The molecule has 2 amide bonds. The second-order valence-electron chi connectivity index (χ2n) is 6.13. The summed E-state index contributed by atoms with van der Waals surface area (Å²) >= 11 is 1.36. The summed E-state index contributed by atoms with van der Waals surface area (Å²) in [7, 11) is 3.34. The molecule has 0 radical (unpaired) electrons. The first-order valence-corrected chi connectivity index (χ1v) is 8.90. The van der Waals surface area contributed by atoms with Crippen molar-refractivity contribution in [3.63, 3.8) is 0 Å². The number of alkyl halides is 3. The summed E-state index contributed by atoms with van der Waals surface area (Å²) in [6.45, 7) is 0. The second-order valence-corrected chi connectivity index (χ2v) is 7.14. The van der Waals surface area contributed by atoms with Crippen molar-refractivity contribution < 1.29 is 22.8 Å². The van der Waals surface area contributed by atoms with Crippen LogP contribution in [0.5, 0.6) is 0 Å². The second kappa shape index (κ2) is 7.15. The molecule has 5 nitrogen and oxygen atoms in total. The molecule has 27 heavy (non-hydrogen) atoms. The molecule has 0 aliphatic carbocycles. The molecule has 1 heterocycles. The van der Waals surface area contributed by atoms with Crippen LogP contribution in [0.25, 0.3) is 0 Å². The number of amides is 2. The number of hydrogen-bond donors (Lipinski definition) is 2. The Balaban J connectivity index is 1.91. The van der Waals surface area contributed by atoms with Gasteiger partial charge in [-0.25, -0.2) is 0 Å². The Morgan fingerprint density at radius 3 is 2.59 bits per heavy atom. The first-order chi connectivity index (χ1) is 12.6. The zero-order chi connectivity index (χ0) is 19.8. The molecule has 0 saturated carbocycles. The Kier molecular flexibility index (Phi) is 5.05. The number of anilines is 3. The smallest absolute Gasteiger partial charge is 0.376 e. The van der Waals surface area contributed by atoms with Crippen molar-refractivity contribution in [2.75, 3.05) is 35.4 Å². The van der Waals surface area contributed by atoms with E-state index in [1.807, 2.05) is 0 Å². The number of nitrogens with zero attached hydrogens (tertiary/aromatic N) is 1. The number of carbonyl (C=O) groups excluding carboxylic acids is 2. The van der Waals surface area contributed by atoms with Crippen LogP contribution in [0.4, 0.5) is 30.2 Å². The van der Waals surface area contributed by atoms with Gasteiger partial charge in [-0.15, -0.1) is 11.8 Å². The number of benzene rings is 2. The molecule has 2 N–H and O–H groups in total. The molecule has 2 aromatic rings. The van der Waals surface area contributed by atoms with E-state index in [-0.39, 0.29) is 17.2 Å². The molecule has 2 aromatic carbocycles. The van der Waals surface area contributed by atoms with E-state index in [9.17, 15) is 22.8 Å². The average molecular weight is 395 g/mol. The number of rotatable bonds is 3. The van der Waals surface area contributed by atoms with Crippen LogP contribution in [0, 0.1) is 0 Å². The fourth-order valence-corrected chi connectivity index (χ4v) is 3.41. The summed E-state index contributed by atoms with van der Waals surface area (Å²) in [4.78, 5) is 26.5. The SMILES string of the molecule is CN(C)c1ccc(C(F)(F)F)cc1NC(=O)c1ccc2c(c1)NC(=O)CS2. The summed E-state index contributed by atoms with van der Waals surface area (Å²) in [5, 5.41) is 5.22. The van der Waals surface area contributed by atoms with Crippen LogP contribution in [-0.2, 0) is 11.0 Å². The first kappa shape index (κ1) is 19.1. The van der Waals surface area contributed by atoms with Gasteiger partial charge >= 0.3 is 6.18 Å². The third kappa shape index (κ3) is 4.19. The third-order valence-corrected chi connectivity index (χ3v) is 5.00. The van der Waals surface area contributed by atoms with Crippen molar-refractivity contribution in [1.82, 2.24) is 0 Å². The lowest BCUT2D eigenvalue weighted by Crippen LogP contribution is -2.20. The fraction of sp³-hybridized carbons (Fsp3) is 0.222. The Morgan fingerprint density at radius 1 is 1.19 bits per heavy atom. The minimum Gasteiger partial charge on any atom is -0.376 e. The predicted molar refractivity (Wildman–Crippen MR) is 99.5 cm³/mol. The summed E-state index contributed by atoms with van der Waals surface area (Å²) in [6.07, 6.45) is -4.52. The molecule has 0 saturated heterocycles. The van der Waals surface area contributed by atoms with Gasteiger partial charge in [-0.2, -0.15) is 13.2 Å². The van der Waals surface area contributed by atoms with Gasteiger partial charge in [0.1, 0.15) is 0 Å². The number of fused-ring (bicyclic) bond motifs is 1. The van der Waals surface area contributed by atoms with Crippen LogP contribution in [0.15, 0.2) is 41.3 Å². The van der Waals surface area contributed by atoms with Crippen molar-refractivity contribution in [3.05, 3.63) is 47.5 Å². The van der Waals surface area contributed by atoms with Crippen molar-refractivity contribution in [2.45, 2.75) is 11.1 Å². The van der Waals surface area contributed by atoms with E-state index in [1.165, 1.54) is 23.9 Å². The number of hydrogen-bond acceptors (Lipinski definition) is 4. The van der Waals surface area contributed by atoms with E-state index >= 15 is 0 Å². The number of carbonyl (C=O) groups is 2. The first-order valence-electron chi connectivity index (χ1n) is 7.92. The van der Waals surface area contributed by atoms with Crippen LogP contribution >= 0.6 is 11.8 Å². The average Bonchev–Trinajstić information content (AvgIpc) is 2.60. The van der Waals surface area contributed by atoms with E-state index in [1.54, 1.807) is 31.1 Å². The van der Waals surface area contributed by atoms with Gasteiger partial charge in [0.05, 0.1) is 28.4 Å². The van der Waals surface area contributed by atoms with E-state index in [0.29, 0.717) is 17.1 Å². The Morgan fingerprint density at radius 2 is 1.93 bits per heavy atom. The van der Waals surface area contributed by atoms with E-state index < -0.39 is 17.6 Å². The largest absolute Gasteiger partial charge is 0.416 e. The molecule has 1 aliphatic rings. The summed E-state index contributed by atoms with van der Waals surface area (Å²) in [5.41, 5.74) is 0.395. The van der Waals surface area contributed by atoms with Gasteiger partial charge < -0.3 is 15.5 Å². The maximum Gasteiger partial charge on any atom is 0.416 e. The minimum absolute atomic E-state index is 0.0518. The molecule has 0 bridgehead atoms. The highest BCUT2D eigenvalue weighted by atomic mass is 32.2. The Bertz CT molecular complexity index is 913. The topological polar surface area (TPSA) is 61.4 Å². The van der Waals surface area contributed by atoms with Crippen molar-refractivity contribution in [3.8, 4) is 0 Å². The van der Waals surface area contributed by atoms with Crippen LogP contribution in [0.1, 0.15) is 15.9 Å². The number of nitrogens with one attached hydrogen (secondary N) is 2. The molecular weight excluding hydrogens is 379 g/mol. The normalized spacial score (nSPS) is 13.6. The lowest BCUT2D eigenvalue weighted by atomic mass is 10.1. The van der Waals surface area contributed by atoms with Crippen LogP contribution in [-0.4, -0.2) is 31.7 Å². The standard InChI is InChI=1S/C18H16F3N3O2S/c1-24(2)14-5-4-11(18(19,20)21)8-12(14)23-17(26)10-3-6-15-13(7-10)22-16(25)9-27-15/h3-8H,9H2,1-2H3,(H,22,25)(H,23,26). The van der Waals surface area contributed by atoms with Crippen molar-refractivity contribution in [1.29, 1.82) is 0 Å². The number of halogens is 3. The van der Waals surface area contributed by atoms with Crippen LogP contribution in [0.2, 0.25) is 0 Å². The van der Waals surface area contributed by atoms with E-state index in [4.69, 9.17) is 0 Å². The highest BCUT2D eigenvalue weighted by Crippen LogP contribution is 2.36. The Labute approximate surface area is 157 Å². The Hall–Kier alpha value is -2.68. The lowest BCUT2D eigenvalue weighted by Gasteiger charge is -2.20. The van der Waals surface area contributed by atoms with Gasteiger partial charge in [0, 0.05) is 24.6 Å². The van der Waals surface area contributed by atoms with Crippen LogP contribution < -0.4 is 15.5 Å². The molecule has 9 heteroatoms. The fourth-order valence-electron chi connectivity index (χ4n) is 2.62. The van der Waals surface area contributed by atoms with E-state index in [0.717, 1.165) is 17.0 Å². The van der Waals surface area contributed by atoms with Gasteiger partial charge in [0.2, 0.25) is 5.91 Å². The van der Waals surface area contributed by atoms with Gasteiger partial charge in [0.25, 0.3) is 5.91 Å². The van der Waals surface area contributed by atoms with Gasteiger partial charge in [-0.1, -0.05) is 0 Å². The monoisotopic (exact) mass is 395 g/mol. The maximum atomic E-state index is 13.0. The molecule has 0 spiro atoms. The molecule has 0 unspecified atom stereocenters. The molecule has 3 rings (SSSR count). The van der Waals surface area contributed by atoms with Gasteiger partial charge in [-0.05, 0) is 36.4 Å². The number of thioether (sulfide) groups is 1. The zero-order valence-corrected chi connectivity index (χ0v) is 15.3. The molecule has 0 atom stereocenters. The summed E-state index contributed by atoms with van der Waals surface area (Å²) in [6, 6.07) is 7.97. The maximum absolute atomic E-state index is 13.0.